The zero-order chi connectivity index (χ0) is 16.7. The fourth-order valence-corrected chi connectivity index (χ4v) is 6.26. The van der Waals surface area contributed by atoms with Gasteiger partial charge in [0.05, 0.1) is 0 Å². The van der Waals surface area contributed by atoms with Gasteiger partial charge in [0.1, 0.15) is 0 Å². The van der Waals surface area contributed by atoms with Crippen LogP contribution in [0.4, 0.5) is 0 Å². The van der Waals surface area contributed by atoms with Gasteiger partial charge in [0.2, 0.25) is 0 Å². The first-order valence-electron chi connectivity index (χ1n) is 9.39. The molecule has 0 amide bonds. The van der Waals surface area contributed by atoms with Crippen molar-refractivity contribution < 1.29 is 0 Å². The molecule has 3 rings (SSSR count). The second-order valence-corrected chi connectivity index (χ2v) is 9.30. The minimum atomic E-state index is 0.212. The van der Waals surface area contributed by atoms with Crippen LogP contribution in [0.1, 0.15) is 71.8 Å². The lowest BCUT2D eigenvalue weighted by molar-refractivity contribution is -0.0606. The van der Waals surface area contributed by atoms with E-state index in [2.05, 4.69) is 63.4 Å². The molecule has 0 N–H and O–H groups in total. The van der Waals surface area contributed by atoms with E-state index in [1.54, 1.807) is 5.56 Å². The molecule has 0 aliphatic heterocycles. The van der Waals surface area contributed by atoms with Gasteiger partial charge in [-0.1, -0.05) is 76.7 Å². The molecule has 1 heteroatoms. The van der Waals surface area contributed by atoms with Gasteiger partial charge in [-0.05, 0) is 71.1 Å². The lowest BCUT2D eigenvalue weighted by Crippen LogP contribution is -2.54. The third-order valence-electron chi connectivity index (χ3n) is 7.31. The third-order valence-corrected chi connectivity index (χ3v) is 7.88. The van der Waals surface area contributed by atoms with Gasteiger partial charge in [0.25, 0.3) is 0 Å². The van der Waals surface area contributed by atoms with E-state index in [9.17, 15) is 0 Å². The Bertz CT molecular complexity index is 561. The highest BCUT2D eigenvalue weighted by molar-refractivity contribution is 7.79. The van der Waals surface area contributed by atoms with E-state index in [1.807, 2.05) is 0 Å². The first-order valence-corrected chi connectivity index (χ1v) is 9.86. The number of hydrogen-bond acceptors (Lipinski definition) is 1. The van der Waals surface area contributed by atoms with Gasteiger partial charge in [0, 0.05) is 0 Å². The van der Waals surface area contributed by atoms with E-state index >= 15 is 0 Å². The molecular formula is C22H32S. The maximum absolute atomic E-state index is 5.51. The molecule has 0 aromatic heterocycles. The molecule has 1 aromatic rings. The van der Waals surface area contributed by atoms with Crippen LogP contribution in [-0.4, -0.2) is 5.37 Å². The number of thiocarbonyl (C=S) groups is 1. The van der Waals surface area contributed by atoms with Crippen molar-refractivity contribution in [1.29, 1.82) is 0 Å². The van der Waals surface area contributed by atoms with Crippen molar-refractivity contribution in [3.8, 4) is 0 Å². The second kappa shape index (κ2) is 5.99. The quantitative estimate of drug-likeness (QED) is 0.563. The zero-order valence-corrected chi connectivity index (χ0v) is 16.1. The fraction of sp³-hybridized carbons (Fsp3) is 0.682. The van der Waals surface area contributed by atoms with E-state index in [0.717, 1.165) is 11.8 Å². The summed E-state index contributed by atoms with van der Waals surface area (Å²) in [6, 6.07) is 11.3. The van der Waals surface area contributed by atoms with Crippen molar-refractivity contribution in [2.45, 2.75) is 71.6 Å². The van der Waals surface area contributed by atoms with E-state index in [1.165, 1.54) is 38.5 Å². The zero-order valence-electron chi connectivity index (χ0n) is 15.3. The Morgan fingerprint density at radius 2 is 1.83 bits per heavy atom. The monoisotopic (exact) mass is 328 g/mol. The van der Waals surface area contributed by atoms with Gasteiger partial charge in [-0.25, -0.2) is 0 Å². The Hall–Kier alpha value is -0.690. The highest BCUT2D eigenvalue weighted by atomic mass is 32.1. The molecule has 2 aliphatic rings. The summed E-state index contributed by atoms with van der Waals surface area (Å²) in [5, 5.41) is 2.10. The summed E-state index contributed by atoms with van der Waals surface area (Å²) in [6.07, 6.45) is 7.85. The number of hydrogen-bond donors (Lipinski definition) is 0. The van der Waals surface area contributed by atoms with Crippen LogP contribution in [0.3, 0.4) is 0 Å². The second-order valence-electron chi connectivity index (χ2n) is 9.06. The Morgan fingerprint density at radius 3 is 2.43 bits per heavy atom. The molecule has 23 heavy (non-hydrogen) atoms. The molecule has 0 saturated heterocycles. The highest BCUT2D eigenvalue weighted by Crippen LogP contribution is 2.64. The predicted molar refractivity (Wildman–Crippen MR) is 104 cm³/mol. The summed E-state index contributed by atoms with van der Waals surface area (Å²) >= 11 is 5.51. The van der Waals surface area contributed by atoms with Crippen LogP contribution in [0.15, 0.2) is 30.3 Å². The molecule has 1 aromatic carbocycles. The van der Waals surface area contributed by atoms with Crippen molar-refractivity contribution in [1.82, 2.24) is 0 Å². The van der Waals surface area contributed by atoms with Crippen LogP contribution in [0.2, 0.25) is 0 Å². The summed E-state index contributed by atoms with van der Waals surface area (Å²) in [6.45, 7) is 9.83. The van der Waals surface area contributed by atoms with Crippen molar-refractivity contribution in [2.24, 2.45) is 22.7 Å². The smallest absolute Gasteiger partial charge is 0.00306 e. The van der Waals surface area contributed by atoms with Crippen molar-refractivity contribution in [2.75, 3.05) is 0 Å². The lowest BCUT2D eigenvalue weighted by atomic mass is 9.43. The van der Waals surface area contributed by atoms with Crippen molar-refractivity contribution in [3.05, 3.63) is 35.9 Å². The van der Waals surface area contributed by atoms with Gasteiger partial charge in [-0.2, -0.15) is 0 Å². The molecule has 2 bridgehead atoms. The molecule has 126 valence electrons. The Kier molecular flexibility index (Phi) is 4.46. The minimum absolute atomic E-state index is 0.212. The Labute approximate surface area is 148 Å². The maximum Gasteiger partial charge on any atom is -0.00306 e. The van der Waals surface area contributed by atoms with Gasteiger partial charge < -0.3 is 0 Å². The Balaban J connectivity index is 2.06. The van der Waals surface area contributed by atoms with E-state index in [0.29, 0.717) is 10.8 Å². The summed E-state index contributed by atoms with van der Waals surface area (Å²) in [5.74, 6) is 1.58. The fourth-order valence-electron chi connectivity index (χ4n) is 6.08. The highest BCUT2D eigenvalue weighted by Gasteiger charge is 2.56. The van der Waals surface area contributed by atoms with Crippen LogP contribution in [0.25, 0.3) is 0 Å². The molecule has 5 unspecified atom stereocenters. The number of rotatable bonds is 4. The van der Waals surface area contributed by atoms with Crippen molar-refractivity contribution in [3.63, 3.8) is 0 Å². The SMILES string of the molecule is CCCC1(C)C(C)CC2(c3ccccc3)CC1CC(C)(C=S)C2. The summed E-state index contributed by atoms with van der Waals surface area (Å²) < 4.78 is 0. The summed E-state index contributed by atoms with van der Waals surface area (Å²) in [7, 11) is 0. The van der Waals surface area contributed by atoms with Crippen molar-refractivity contribution >= 4 is 17.6 Å². The number of fused-ring (bicyclic) bond motifs is 2. The topological polar surface area (TPSA) is 0 Å². The van der Waals surface area contributed by atoms with Gasteiger partial charge in [0.15, 0.2) is 0 Å². The van der Waals surface area contributed by atoms with Crippen LogP contribution < -0.4 is 0 Å². The van der Waals surface area contributed by atoms with Gasteiger partial charge in [-0.3, -0.25) is 0 Å². The Morgan fingerprint density at radius 1 is 1.13 bits per heavy atom. The molecule has 2 aliphatic carbocycles. The lowest BCUT2D eigenvalue weighted by Gasteiger charge is -2.61. The molecular weight excluding hydrogens is 296 g/mol. The van der Waals surface area contributed by atoms with Gasteiger partial charge >= 0.3 is 0 Å². The van der Waals surface area contributed by atoms with E-state index in [4.69, 9.17) is 12.2 Å². The average molecular weight is 329 g/mol. The molecule has 0 nitrogen and oxygen atoms in total. The molecule has 2 saturated carbocycles. The summed E-state index contributed by atoms with van der Waals surface area (Å²) in [4.78, 5) is 0. The average Bonchev–Trinajstić information content (AvgIpc) is 2.54. The van der Waals surface area contributed by atoms with E-state index in [-0.39, 0.29) is 5.41 Å². The summed E-state index contributed by atoms with van der Waals surface area (Å²) in [5.41, 5.74) is 2.58. The van der Waals surface area contributed by atoms with Crippen LogP contribution in [0.5, 0.6) is 0 Å². The van der Waals surface area contributed by atoms with E-state index < -0.39 is 0 Å². The van der Waals surface area contributed by atoms with Crippen LogP contribution >= 0.6 is 12.2 Å². The minimum Gasteiger partial charge on any atom is -0.0929 e. The standard InChI is InChI=1S/C22H32S/c1-5-11-21(4)17(2)12-22(18-9-7-6-8-10-18)14-19(21)13-20(3,15-22)16-23/h6-10,16-17,19H,5,11-15H2,1-4H3. The predicted octanol–water partition coefficient (Wildman–Crippen LogP) is 6.58. The van der Waals surface area contributed by atoms with Gasteiger partial charge in [-0.15, -0.1) is 0 Å². The molecule has 5 atom stereocenters. The maximum atomic E-state index is 5.51. The van der Waals surface area contributed by atoms with Crippen LogP contribution in [0, 0.1) is 22.7 Å². The largest absolute Gasteiger partial charge is 0.0929 e. The third kappa shape index (κ3) is 2.80. The first-order chi connectivity index (χ1) is 10.9. The van der Waals surface area contributed by atoms with Crippen LogP contribution in [-0.2, 0) is 5.41 Å². The molecule has 0 radical (unpaired) electrons. The molecule has 2 fully saturated rings. The molecule has 0 heterocycles. The first kappa shape index (κ1) is 17.1. The number of benzene rings is 1. The molecule has 0 spiro atoms. The normalized spacial score (nSPS) is 43.1.